The molecular formula is C20H26N2O2. The smallest absolute Gasteiger partial charge is 0.0974 e. The van der Waals surface area contributed by atoms with Crippen molar-refractivity contribution in [3.05, 3.63) is 35.5 Å². The number of fused-ring (bicyclic) bond motifs is 7. The summed E-state index contributed by atoms with van der Waals surface area (Å²) in [6.45, 7) is 5.44. The van der Waals surface area contributed by atoms with Crippen LogP contribution in [-0.4, -0.2) is 46.4 Å². The second kappa shape index (κ2) is 5.07. The maximum atomic E-state index is 11.2. The fourth-order valence-electron chi connectivity index (χ4n) is 5.41. The van der Waals surface area contributed by atoms with Crippen molar-refractivity contribution in [2.75, 3.05) is 19.6 Å². The molecule has 0 aliphatic carbocycles. The Labute approximate surface area is 143 Å². The summed E-state index contributed by atoms with van der Waals surface area (Å²) >= 11 is 0. The molecule has 2 aromatic rings. The van der Waals surface area contributed by atoms with E-state index in [-0.39, 0.29) is 5.41 Å². The maximum Gasteiger partial charge on any atom is 0.0974 e. The van der Waals surface area contributed by atoms with E-state index in [0.717, 1.165) is 44.6 Å². The highest BCUT2D eigenvalue weighted by Gasteiger charge is 2.58. The first-order valence-corrected chi connectivity index (χ1v) is 9.25. The fourth-order valence-corrected chi connectivity index (χ4v) is 5.41. The number of aliphatic hydroxyl groups is 1. The lowest BCUT2D eigenvalue weighted by molar-refractivity contribution is 0.0365. The molecule has 0 spiro atoms. The van der Waals surface area contributed by atoms with Crippen LogP contribution in [0.1, 0.15) is 37.1 Å². The number of aryl methyl sites for hydroxylation is 1. The molecule has 1 N–H and O–H groups in total. The van der Waals surface area contributed by atoms with Crippen molar-refractivity contribution >= 4 is 10.9 Å². The van der Waals surface area contributed by atoms with Crippen LogP contribution in [0.3, 0.4) is 0 Å². The molecule has 5 atom stereocenters. The van der Waals surface area contributed by atoms with Crippen LogP contribution >= 0.6 is 0 Å². The number of aliphatic hydroxyl groups excluding tert-OH is 1. The number of epoxide rings is 1. The van der Waals surface area contributed by atoms with Gasteiger partial charge >= 0.3 is 0 Å². The molecule has 1 aromatic heterocycles. The van der Waals surface area contributed by atoms with Crippen LogP contribution in [0.2, 0.25) is 0 Å². The Morgan fingerprint density at radius 1 is 1.33 bits per heavy atom. The highest BCUT2D eigenvalue weighted by atomic mass is 16.6. The van der Waals surface area contributed by atoms with Gasteiger partial charge in [-0.2, -0.15) is 0 Å². The highest BCUT2D eigenvalue weighted by Crippen LogP contribution is 2.51. The van der Waals surface area contributed by atoms with Crippen molar-refractivity contribution in [3.63, 3.8) is 0 Å². The lowest BCUT2D eigenvalue weighted by atomic mass is 9.73. The zero-order chi connectivity index (χ0) is 16.5. The largest absolute Gasteiger partial charge is 0.387 e. The molecule has 2 saturated heterocycles. The molecular weight excluding hydrogens is 300 g/mol. The Balaban J connectivity index is 1.66. The third-order valence-electron chi connectivity index (χ3n) is 6.72. The summed E-state index contributed by atoms with van der Waals surface area (Å²) in [6.07, 6.45) is 3.21. The second-order valence-electron chi connectivity index (χ2n) is 7.96. The first kappa shape index (κ1) is 14.9. The minimum absolute atomic E-state index is 0.0976. The van der Waals surface area contributed by atoms with Crippen molar-refractivity contribution in [3.8, 4) is 0 Å². The molecule has 4 nitrogen and oxygen atoms in total. The van der Waals surface area contributed by atoms with Crippen LogP contribution in [-0.2, 0) is 18.2 Å². The molecule has 5 rings (SSSR count). The third-order valence-corrected chi connectivity index (χ3v) is 6.72. The number of benzene rings is 1. The molecule has 4 heterocycles. The van der Waals surface area contributed by atoms with Crippen LogP contribution in [0.4, 0.5) is 0 Å². The predicted octanol–water partition coefficient (Wildman–Crippen LogP) is 2.64. The monoisotopic (exact) mass is 326 g/mol. The van der Waals surface area contributed by atoms with Gasteiger partial charge in [0.1, 0.15) is 0 Å². The van der Waals surface area contributed by atoms with E-state index < -0.39 is 6.10 Å². The van der Waals surface area contributed by atoms with E-state index in [0.29, 0.717) is 12.2 Å². The Hall–Kier alpha value is -1.36. The third kappa shape index (κ3) is 1.97. The van der Waals surface area contributed by atoms with Gasteiger partial charge in [0.25, 0.3) is 0 Å². The predicted molar refractivity (Wildman–Crippen MR) is 94.0 cm³/mol. The molecule has 2 bridgehead atoms. The number of ether oxygens (including phenoxy) is 1. The minimum Gasteiger partial charge on any atom is -0.387 e. The number of para-hydroxylation sites is 1. The first-order valence-electron chi connectivity index (χ1n) is 9.25. The summed E-state index contributed by atoms with van der Waals surface area (Å²) < 4.78 is 8.22. The van der Waals surface area contributed by atoms with Gasteiger partial charge in [-0.15, -0.1) is 0 Å². The molecule has 4 heteroatoms. The lowest BCUT2D eigenvalue weighted by Gasteiger charge is -2.40. The van der Waals surface area contributed by atoms with Gasteiger partial charge in [-0.3, -0.25) is 4.90 Å². The van der Waals surface area contributed by atoms with Gasteiger partial charge in [-0.25, -0.2) is 0 Å². The number of hydrogen-bond donors (Lipinski definition) is 1. The van der Waals surface area contributed by atoms with Crippen molar-refractivity contribution in [2.45, 2.75) is 44.5 Å². The molecule has 3 aliphatic heterocycles. The van der Waals surface area contributed by atoms with Crippen LogP contribution in [0.5, 0.6) is 0 Å². The van der Waals surface area contributed by atoms with Gasteiger partial charge < -0.3 is 14.4 Å². The van der Waals surface area contributed by atoms with E-state index in [1.54, 1.807) is 0 Å². The molecule has 1 aromatic carbocycles. The minimum atomic E-state index is -0.416. The number of hydrogen-bond acceptors (Lipinski definition) is 3. The van der Waals surface area contributed by atoms with Crippen LogP contribution in [0, 0.1) is 5.41 Å². The second-order valence-corrected chi connectivity index (χ2v) is 7.96. The molecule has 1 unspecified atom stereocenters. The van der Waals surface area contributed by atoms with Gasteiger partial charge in [0.15, 0.2) is 0 Å². The van der Waals surface area contributed by atoms with Gasteiger partial charge in [0.2, 0.25) is 0 Å². The lowest BCUT2D eigenvalue weighted by Crippen LogP contribution is -2.49. The molecule has 2 fully saturated rings. The standard InChI is InChI=1S/C20H26N2O2/c1-3-20-10-16(23)18-14(13-6-4-5-7-15(13)21(18)2)8-9-22(12-20)11-17-19(20)24-17/h4-7,16-17,19,23H,3,8-12H2,1-2H3/t16-,17-,19-,20+/m1/s1. The van der Waals surface area contributed by atoms with Crippen molar-refractivity contribution in [2.24, 2.45) is 12.5 Å². The van der Waals surface area contributed by atoms with Crippen LogP contribution in [0.15, 0.2) is 24.3 Å². The van der Waals surface area contributed by atoms with E-state index >= 15 is 0 Å². The Morgan fingerprint density at radius 2 is 2.17 bits per heavy atom. The highest BCUT2D eigenvalue weighted by molar-refractivity contribution is 5.85. The van der Waals surface area contributed by atoms with Gasteiger partial charge in [-0.1, -0.05) is 25.1 Å². The Kier molecular flexibility index (Phi) is 3.16. The summed E-state index contributed by atoms with van der Waals surface area (Å²) in [5, 5.41) is 12.5. The normalized spacial score (nSPS) is 38.0. The van der Waals surface area contributed by atoms with Crippen LogP contribution < -0.4 is 0 Å². The summed E-state index contributed by atoms with van der Waals surface area (Å²) in [5.41, 5.74) is 3.79. The van der Waals surface area contributed by atoms with E-state index in [1.165, 1.54) is 16.5 Å². The first-order chi connectivity index (χ1) is 11.6. The van der Waals surface area contributed by atoms with E-state index in [9.17, 15) is 5.11 Å². The van der Waals surface area contributed by atoms with Crippen molar-refractivity contribution < 1.29 is 9.84 Å². The summed E-state index contributed by atoms with van der Waals surface area (Å²) in [6, 6.07) is 8.56. The summed E-state index contributed by atoms with van der Waals surface area (Å²) in [7, 11) is 2.10. The molecule has 0 amide bonds. The number of piperidine rings is 1. The molecule has 24 heavy (non-hydrogen) atoms. The SMILES string of the molecule is CC[C@@]12C[C@@H](O)c3c(c4ccccc4n3C)CCN(C[C@H]3O[C@H]31)C2. The number of nitrogens with zero attached hydrogens (tertiary/aromatic N) is 2. The van der Waals surface area contributed by atoms with E-state index in [1.807, 2.05) is 0 Å². The Bertz CT molecular complexity index is 798. The zero-order valence-electron chi connectivity index (χ0n) is 14.5. The summed E-state index contributed by atoms with van der Waals surface area (Å²) in [4.78, 5) is 2.57. The molecule has 128 valence electrons. The summed E-state index contributed by atoms with van der Waals surface area (Å²) in [5.74, 6) is 0. The average molecular weight is 326 g/mol. The van der Waals surface area contributed by atoms with Gasteiger partial charge in [-0.05, 0) is 30.9 Å². The van der Waals surface area contributed by atoms with E-state index in [4.69, 9.17) is 4.74 Å². The fraction of sp³-hybridized carbons (Fsp3) is 0.600. The Morgan fingerprint density at radius 3 is 3.00 bits per heavy atom. The zero-order valence-corrected chi connectivity index (χ0v) is 14.5. The van der Waals surface area contributed by atoms with E-state index in [2.05, 4.69) is 47.7 Å². The van der Waals surface area contributed by atoms with Crippen LogP contribution in [0.25, 0.3) is 10.9 Å². The van der Waals surface area contributed by atoms with Gasteiger partial charge in [0, 0.05) is 43.0 Å². The molecule has 3 aliphatic rings. The topological polar surface area (TPSA) is 40.9 Å². The number of rotatable bonds is 1. The molecule has 0 radical (unpaired) electrons. The average Bonchev–Trinajstić information content (AvgIpc) is 3.31. The number of aromatic nitrogens is 1. The maximum absolute atomic E-state index is 11.2. The van der Waals surface area contributed by atoms with Crippen molar-refractivity contribution in [1.29, 1.82) is 0 Å². The quantitative estimate of drug-likeness (QED) is 0.819. The van der Waals surface area contributed by atoms with Crippen molar-refractivity contribution in [1.82, 2.24) is 9.47 Å². The molecule has 0 saturated carbocycles. The van der Waals surface area contributed by atoms with Gasteiger partial charge in [0.05, 0.1) is 24.0 Å².